The molecule has 1 aromatic rings. The van der Waals surface area contributed by atoms with Crippen molar-refractivity contribution in [3.8, 4) is 5.75 Å². The van der Waals surface area contributed by atoms with Crippen molar-refractivity contribution in [2.24, 2.45) is 0 Å². The van der Waals surface area contributed by atoms with Gasteiger partial charge in [-0.1, -0.05) is 0 Å². The van der Waals surface area contributed by atoms with E-state index in [0.717, 1.165) is 0 Å². The van der Waals surface area contributed by atoms with Crippen LogP contribution >= 0.6 is 56.9 Å². The molecule has 2 fully saturated rings. The van der Waals surface area contributed by atoms with Crippen molar-refractivity contribution in [1.29, 1.82) is 0 Å². The Morgan fingerprint density at radius 3 is 2.36 bits per heavy atom. The van der Waals surface area contributed by atoms with Crippen LogP contribution in [0.3, 0.4) is 0 Å². The quantitative estimate of drug-likeness (QED) is 0.368. The van der Waals surface area contributed by atoms with Gasteiger partial charge < -0.3 is 20.4 Å². The SMILES string of the molecule is CC1(C)S[C@@H]2[C@H](NC(=O)c3cc(I)c(O)c(I)c3)C(=O)N2[C@H]1C(=O)O. The number of phenols is 1. The molecule has 3 N–H and O–H groups in total. The van der Waals surface area contributed by atoms with Gasteiger partial charge in [0.25, 0.3) is 5.91 Å². The molecule has 2 amide bonds. The number of nitrogens with zero attached hydrogens (tertiary/aromatic N) is 1. The fourth-order valence-electron chi connectivity index (χ4n) is 3.07. The minimum atomic E-state index is -1.04. The van der Waals surface area contributed by atoms with Gasteiger partial charge in [0.15, 0.2) is 0 Å². The highest BCUT2D eigenvalue weighted by Crippen LogP contribution is 2.50. The van der Waals surface area contributed by atoms with E-state index < -0.39 is 28.7 Å². The van der Waals surface area contributed by atoms with Crippen LogP contribution in [0, 0.1) is 7.14 Å². The summed E-state index contributed by atoms with van der Waals surface area (Å²) in [5.41, 5.74) is 0.342. The molecule has 0 spiro atoms. The Hall–Kier alpha value is -0.760. The lowest BCUT2D eigenvalue weighted by Crippen LogP contribution is -2.70. The normalized spacial score (nSPS) is 26.8. The summed E-state index contributed by atoms with van der Waals surface area (Å²) < 4.78 is 0.451. The zero-order valence-electron chi connectivity index (χ0n) is 13.1. The molecule has 0 unspecified atom stereocenters. The van der Waals surface area contributed by atoms with Gasteiger partial charge in [-0.25, -0.2) is 4.79 Å². The molecule has 2 aliphatic rings. The summed E-state index contributed by atoms with van der Waals surface area (Å²) in [5, 5.41) is 21.5. The molecule has 2 heterocycles. The van der Waals surface area contributed by atoms with Crippen molar-refractivity contribution in [2.45, 2.75) is 36.1 Å². The van der Waals surface area contributed by atoms with Crippen LogP contribution in [0.5, 0.6) is 5.75 Å². The largest absolute Gasteiger partial charge is 0.506 e. The van der Waals surface area contributed by atoms with E-state index in [1.54, 1.807) is 26.0 Å². The van der Waals surface area contributed by atoms with E-state index in [2.05, 4.69) is 5.32 Å². The van der Waals surface area contributed by atoms with E-state index in [4.69, 9.17) is 0 Å². The van der Waals surface area contributed by atoms with Crippen molar-refractivity contribution in [3.05, 3.63) is 24.8 Å². The van der Waals surface area contributed by atoms with Crippen LogP contribution in [-0.4, -0.2) is 55.1 Å². The molecule has 3 rings (SSSR count). The smallest absolute Gasteiger partial charge is 0.327 e. The Morgan fingerprint density at radius 2 is 1.84 bits per heavy atom. The van der Waals surface area contributed by atoms with Crippen LogP contribution < -0.4 is 5.32 Å². The third-order valence-corrected chi connectivity index (χ3v) is 7.46. The molecular formula is C15H14I2N2O5S. The average Bonchev–Trinajstić information content (AvgIpc) is 2.77. The number of phenolic OH excluding ortho intramolecular Hbond substituents is 1. The van der Waals surface area contributed by atoms with E-state index in [1.165, 1.54) is 16.7 Å². The summed E-state index contributed by atoms with van der Waals surface area (Å²) in [6, 6.07) is 1.43. The lowest BCUT2D eigenvalue weighted by Gasteiger charge is -2.43. The molecule has 1 aromatic carbocycles. The van der Waals surface area contributed by atoms with Gasteiger partial charge in [0, 0.05) is 10.3 Å². The first kappa shape index (κ1) is 19.0. The molecule has 2 aliphatic heterocycles. The van der Waals surface area contributed by atoms with Gasteiger partial charge in [-0.05, 0) is 71.2 Å². The first-order chi connectivity index (χ1) is 11.5. The number of nitrogens with one attached hydrogen (secondary N) is 1. The second-order valence-corrected chi connectivity index (χ2v) is 10.4. The number of rotatable bonds is 3. The fraction of sp³-hybridized carbons (Fsp3) is 0.400. The summed E-state index contributed by atoms with van der Waals surface area (Å²) in [4.78, 5) is 37.7. The Balaban J connectivity index is 1.79. The zero-order valence-corrected chi connectivity index (χ0v) is 18.2. The zero-order chi connectivity index (χ0) is 18.7. The van der Waals surface area contributed by atoms with E-state index in [-0.39, 0.29) is 17.0 Å². The molecule has 0 saturated carbocycles. The Labute approximate surface area is 175 Å². The number of hydrogen-bond donors (Lipinski definition) is 3. The van der Waals surface area contributed by atoms with E-state index in [9.17, 15) is 24.6 Å². The highest BCUT2D eigenvalue weighted by atomic mass is 127. The number of carbonyl (C=O) groups is 3. The number of fused-ring (bicyclic) bond motifs is 1. The molecule has 0 aliphatic carbocycles. The number of aliphatic carboxylic acids is 1. The average molecular weight is 588 g/mol. The molecule has 2 saturated heterocycles. The van der Waals surface area contributed by atoms with Crippen LogP contribution in [-0.2, 0) is 9.59 Å². The summed E-state index contributed by atoms with van der Waals surface area (Å²) in [6.07, 6.45) is 0. The minimum absolute atomic E-state index is 0.112. The monoisotopic (exact) mass is 588 g/mol. The molecule has 0 radical (unpaired) electrons. The number of carboxylic acids is 1. The van der Waals surface area contributed by atoms with Gasteiger partial charge in [-0.15, -0.1) is 11.8 Å². The number of carboxylic acid groups (broad SMARTS) is 1. The summed E-state index contributed by atoms with van der Waals surface area (Å²) >= 11 is 5.24. The van der Waals surface area contributed by atoms with Gasteiger partial charge >= 0.3 is 5.97 Å². The number of amides is 2. The molecule has 25 heavy (non-hydrogen) atoms. The summed E-state index contributed by atoms with van der Waals surface area (Å²) in [6.45, 7) is 3.57. The highest BCUT2D eigenvalue weighted by molar-refractivity contribution is 14.1. The number of β-lactam (4-membered cyclic amide) rings is 1. The standard InChI is InChI=1S/C15H14I2N2O5S/c1-15(2)10(14(23)24)19-12(22)8(13(19)25-15)18-11(21)5-3-6(16)9(20)7(17)4-5/h3-4,8,10,13,20H,1-2H3,(H,18,21)(H,23,24)/t8-,10+,13-/m1/s1. The van der Waals surface area contributed by atoms with E-state index in [1.807, 2.05) is 45.2 Å². The van der Waals surface area contributed by atoms with Gasteiger partial charge in [-0.2, -0.15) is 0 Å². The predicted molar refractivity (Wildman–Crippen MR) is 109 cm³/mol. The number of halogens is 2. The first-order valence-electron chi connectivity index (χ1n) is 7.26. The maximum atomic E-state index is 12.5. The lowest BCUT2D eigenvalue weighted by molar-refractivity contribution is -0.159. The predicted octanol–water partition coefficient (Wildman–Crippen LogP) is 1.85. The third kappa shape index (κ3) is 3.09. The van der Waals surface area contributed by atoms with E-state index in [0.29, 0.717) is 12.7 Å². The molecule has 134 valence electrons. The maximum absolute atomic E-state index is 12.5. The molecule has 0 bridgehead atoms. The first-order valence-corrected chi connectivity index (χ1v) is 10.3. The van der Waals surface area contributed by atoms with Crippen LogP contribution in [0.15, 0.2) is 12.1 Å². The van der Waals surface area contributed by atoms with Crippen LogP contribution in [0.2, 0.25) is 0 Å². The number of aromatic hydroxyl groups is 1. The second kappa shape index (κ2) is 6.44. The Kier molecular flexibility index (Phi) is 4.90. The Bertz CT molecular complexity index is 777. The molecule has 0 aromatic heterocycles. The van der Waals surface area contributed by atoms with Gasteiger partial charge in [0.2, 0.25) is 5.91 Å². The summed E-state index contributed by atoms with van der Waals surface area (Å²) in [5.74, 6) is -1.74. The van der Waals surface area contributed by atoms with Crippen molar-refractivity contribution in [1.82, 2.24) is 10.2 Å². The lowest BCUT2D eigenvalue weighted by atomic mass is 9.96. The van der Waals surface area contributed by atoms with Gasteiger partial charge in [0.1, 0.15) is 23.2 Å². The highest BCUT2D eigenvalue weighted by Gasteiger charge is 2.64. The Morgan fingerprint density at radius 1 is 1.28 bits per heavy atom. The maximum Gasteiger partial charge on any atom is 0.327 e. The third-order valence-electron chi connectivity index (χ3n) is 4.24. The fourth-order valence-corrected chi connectivity index (χ4v) is 6.46. The topological polar surface area (TPSA) is 107 Å². The van der Waals surface area contributed by atoms with Crippen molar-refractivity contribution < 1.29 is 24.6 Å². The molecule has 3 atom stereocenters. The minimum Gasteiger partial charge on any atom is -0.506 e. The number of thioether (sulfide) groups is 1. The van der Waals surface area contributed by atoms with Crippen LogP contribution in [0.4, 0.5) is 0 Å². The van der Waals surface area contributed by atoms with Crippen molar-refractivity contribution in [2.75, 3.05) is 0 Å². The van der Waals surface area contributed by atoms with Crippen molar-refractivity contribution in [3.63, 3.8) is 0 Å². The number of hydrogen-bond acceptors (Lipinski definition) is 5. The van der Waals surface area contributed by atoms with Gasteiger partial charge in [-0.3, -0.25) is 9.59 Å². The number of carbonyl (C=O) groups excluding carboxylic acids is 2. The number of benzene rings is 1. The second-order valence-electron chi connectivity index (χ2n) is 6.34. The molecular weight excluding hydrogens is 574 g/mol. The van der Waals surface area contributed by atoms with Crippen LogP contribution in [0.1, 0.15) is 24.2 Å². The van der Waals surface area contributed by atoms with Crippen LogP contribution in [0.25, 0.3) is 0 Å². The molecule has 7 nitrogen and oxygen atoms in total. The van der Waals surface area contributed by atoms with E-state index >= 15 is 0 Å². The molecule has 10 heteroatoms. The van der Waals surface area contributed by atoms with Crippen molar-refractivity contribution >= 4 is 74.7 Å². The summed E-state index contributed by atoms with van der Waals surface area (Å²) in [7, 11) is 0. The van der Waals surface area contributed by atoms with Gasteiger partial charge in [0.05, 0.1) is 7.14 Å².